The molecule has 14 heteroatoms. The molecule has 1 saturated heterocycles. The zero-order valence-electron chi connectivity index (χ0n) is 18.4. The normalized spacial score (nSPS) is 22.7. The number of likely N-dealkylation sites (tertiary alicyclic amines) is 1. The second kappa shape index (κ2) is 8.75. The molecule has 5 rings (SSSR count). The molecule has 2 aromatic rings. The first-order valence-electron chi connectivity index (χ1n) is 10.7. The zero-order valence-corrected chi connectivity index (χ0v) is 20.8. The van der Waals surface area contributed by atoms with Crippen molar-refractivity contribution in [2.75, 3.05) is 13.1 Å². The number of benzene rings is 2. The van der Waals surface area contributed by atoms with E-state index in [4.69, 9.17) is 27.9 Å². The van der Waals surface area contributed by atoms with Crippen LogP contribution in [0.15, 0.2) is 34.7 Å². The minimum absolute atomic E-state index is 0.0473. The minimum atomic E-state index is -4.78. The quantitative estimate of drug-likeness (QED) is 0.222. The average molecular weight is 587 g/mol. The number of carbonyl (C=O) groups excluding carboxylic acids is 1. The van der Waals surface area contributed by atoms with Gasteiger partial charge in [-0.1, -0.05) is 35.3 Å². The largest absolute Gasteiger partial charge is 0.409 e. The molecule has 3 aliphatic heterocycles. The van der Waals surface area contributed by atoms with Gasteiger partial charge in [0.25, 0.3) is 0 Å². The summed E-state index contributed by atoms with van der Waals surface area (Å²) in [5.41, 5.74) is 0.573. The zero-order chi connectivity index (χ0) is 27.0. The summed E-state index contributed by atoms with van der Waals surface area (Å²) in [6.07, 6.45) is -11.5. The van der Waals surface area contributed by atoms with Gasteiger partial charge >= 0.3 is 12.4 Å². The number of hydrogen-bond donors (Lipinski definition) is 0. The molecule has 0 aliphatic carbocycles. The summed E-state index contributed by atoms with van der Waals surface area (Å²) in [4.78, 5) is 12.9. The fourth-order valence-corrected chi connectivity index (χ4v) is 6.22. The topological polar surface area (TPSA) is 41.9 Å². The van der Waals surface area contributed by atoms with Crippen molar-refractivity contribution in [2.45, 2.75) is 42.1 Å². The number of carbonyl (C=O) groups is 1. The van der Waals surface area contributed by atoms with Gasteiger partial charge in [0.1, 0.15) is 12.0 Å². The summed E-state index contributed by atoms with van der Waals surface area (Å²) in [5.74, 6) is -2.07. The molecule has 1 spiro atoms. The minimum Gasteiger partial charge on any atom is -0.362 e. The first-order valence-corrected chi connectivity index (χ1v) is 12.3. The van der Waals surface area contributed by atoms with Crippen LogP contribution >= 0.6 is 35.1 Å². The van der Waals surface area contributed by atoms with E-state index in [0.717, 1.165) is 17.0 Å². The SMILES string of the molecule is O=C(CC(F)(F)F)N1CC2(C1)OCc1cc(C3=NS[C@](c4cc(Cl)c(F)c(Cl)c4)(C(F)(F)F)C3)ccc12. The van der Waals surface area contributed by atoms with E-state index in [1.807, 2.05) is 0 Å². The Kier molecular flexibility index (Phi) is 6.29. The van der Waals surface area contributed by atoms with E-state index in [1.54, 1.807) is 18.2 Å². The Morgan fingerprint density at radius 2 is 1.73 bits per heavy atom. The van der Waals surface area contributed by atoms with Crippen LogP contribution in [0.3, 0.4) is 0 Å². The van der Waals surface area contributed by atoms with E-state index in [9.17, 15) is 35.5 Å². The monoisotopic (exact) mass is 586 g/mol. The standard InChI is InChI=1S/C23H15Cl2F7N2O2S/c24-15-4-13(5-16(25)19(15)26)21(23(30,31)32)6-17(33-37-21)11-1-2-14-12(3-11)8-36-20(14)9-34(10-20)18(35)7-22(27,28)29/h1-5H,6-10H2/t21-/m1/s1. The van der Waals surface area contributed by atoms with Gasteiger partial charge in [0.2, 0.25) is 5.91 Å². The second-order valence-corrected chi connectivity index (χ2v) is 11.0. The number of halogens is 9. The average Bonchev–Trinajstić information content (AvgIpc) is 3.37. The van der Waals surface area contributed by atoms with Crippen molar-refractivity contribution >= 4 is 46.8 Å². The van der Waals surface area contributed by atoms with Crippen LogP contribution in [-0.4, -0.2) is 42.0 Å². The van der Waals surface area contributed by atoms with Gasteiger partial charge in [-0.25, -0.2) is 8.79 Å². The maximum atomic E-state index is 14.3. The molecule has 37 heavy (non-hydrogen) atoms. The molecule has 0 saturated carbocycles. The van der Waals surface area contributed by atoms with Crippen LogP contribution in [0.1, 0.15) is 35.1 Å². The van der Waals surface area contributed by atoms with E-state index in [1.165, 1.54) is 0 Å². The lowest BCUT2D eigenvalue weighted by molar-refractivity contribution is -0.185. The summed E-state index contributed by atoms with van der Waals surface area (Å²) in [5, 5.41) is -1.08. The molecule has 0 bridgehead atoms. The van der Waals surface area contributed by atoms with Gasteiger partial charge in [-0.15, -0.1) is 0 Å². The second-order valence-electron chi connectivity index (χ2n) is 9.08. The van der Waals surface area contributed by atoms with Crippen molar-refractivity contribution in [2.24, 2.45) is 4.40 Å². The highest BCUT2D eigenvalue weighted by atomic mass is 35.5. The number of fused-ring (bicyclic) bond motifs is 2. The lowest BCUT2D eigenvalue weighted by atomic mass is 9.83. The molecular formula is C23H15Cl2F7N2O2S. The van der Waals surface area contributed by atoms with Crippen molar-refractivity contribution in [3.05, 3.63) is 68.4 Å². The molecule has 1 atom stereocenters. The summed E-state index contributed by atoms with van der Waals surface area (Å²) >= 11 is 11.8. The molecule has 1 fully saturated rings. The molecule has 3 aliphatic rings. The van der Waals surface area contributed by atoms with E-state index in [-0.39, 0.29) is 42.9 Å². The van der Waals surface area contributed by atoms with Crippen LogP contribution in [0.5, 0.6) is 0 Å². The van der Waals surface area contributed by atoms with E-state index < -0.39 is 57.3 Å². The number of hydrogen-bond acceptors (Lipinski definition) is 4. The Bertz CT molecular complexity index is 1300. The third-order valence-corrected chi connectivity index (χ3v) is 8.45. The van der Waals surface area contributed by atoms with Crippen LogP contribution in [0.2, 0.25) is 10.0 Å². The predicted molar refractivity (Wildman–Crippen MR) is 123 cm³/mol. The summed E-state index contributed by atoms with van der Waals surface area (Å²) in [6.45, 7) is -0.0128. The lowest BCUT2D eigenvalue weighted by Crippen LogP contribution is -2.61. The molecule has 2 aromatic carbocycles. The number of rotatable bonds is 3. The van der Waals surface area contributed by atoms with Gasteiger partial charge in [-0.05, 0) is 52.4 Å². The van der Waals surface area contributed by atoms with Crippen LogP contribution in [0, 0.1) is 5.82 Å². The lowest BCUT2D eigenvalue weighted by Gasteiger charge is -2.47. The van der Waals surface area contributed by atoms with E-state index in [2.05, 4.69) is 4.40 Å². The van der Waals surface area contributed by atoms with Crippen LogP contribution in [0.25, 0.3) is 0 Å². The molecule has 1 amide bonds. The number of alkyl halides is 6. The number of amides is 1. The van der Waals surface area contributed by atoms with Gasteiger partial charge in [0, 0.05) is 6.42 Å². The van der Waals surface area contributed by atoms with Crippen molar-refractivity contribution in [3.63, 3.8) is 0 Å². The number of ether oxygens (including phenoxy) is 1. The van der Waals surface area contributed by atoms with Gasteiger partial charge < -0.3 is 9.64 Å². The van der Waals surface area contributed by atoms with Gasteiger partial charge in [-0.3, -0.25) is 4.79 Å². The molecular weight excluding hydrogens is 572 g/mol. The fraction of sp³-hybridized carbons (Fsp3) is 0.391. The van der Waals surface area contributed by atoms with Crippen LogP contribution in [-0.2, 0) is 26.5 Å². The maximum absolute atomic E-state index is 14.3. The van der Waals surface area contributed by atoms with Gasteiger partial charge in [0.15, 0.2) is 10.6 Å². The Balaban J connectivity index is 1.37. The maximum Gasteiger partial charge on any atom is 0.409 e. The fourth-order valence-electron chi connectivity index (χ4n) is 4.77. The molecule has 198 valence electrons. The summed E-state index contributed by atoms with van der Waals surface area (Å²) in [6, 6.07) is 6.61. The van der Waals surface area contributed by atoms with Crippen molar-refractivity contribution < 1.29 is 40.3 Å². The van der Waals surface area contributed by atoms with Gasteiger partial charge in [0.05, 0.1) is 35.5 Å². The van der Waals surface area contributed by atoms with Crippen molar-refractivity contribution in [3.8, 4) is 0 Å². The predicted octanol–water partition coefficient (Wildman–Crippen LogP) is 6.95. The summed E-state index contributed by atoms with van der Waals surface area (Å²) < 4.78 is 102. The molecule has 0 radical (unpaired) electrons. The third-order valence-electron chi connectivity index (χ3n) is 6.67. The smallest absolute Gasteiger partial charge is 0.362 e. The molecule has 4 nitrogen and oxygen atoms in total. The van der Waals surface area contributed by atoms with E-state index >= 15 is 0 Å². The highest BCUT2D eigenvalue weighted by molar-refractivity contribution is 7.99. The molecule has 0 N–H and O–H groups in total. The number of nitrogens with zero attached hydrogens (tertiary/aromatic N) is 2. The highest BCUT2D eigenvalue weighted by Gasteiger charge is 2.60. The van der Waals surface area contributed by atoms with Gasteiger partial charge in [-0.2, -0.15) is 26.3 Å². The Hall–Kier alpha value is -2.02. The first kappa shape index (κ1) is 26.6. The van der Waals surface area contributed by atoms with Crippen molar-refractivity contribution in [1.29, 1.82) is 0 Å². The first-order chi connectivity index (χ1) is 17.1. The Morgan fingerprint density at radius 1 is 1.08 bits per heavy atom. The van der Waals surface area contributed by atoms with Crippen LogP contribution in [0.4, 0.5) is 30.7 Å². The Morgan fingerprint density at radius 3 is 2.32 bits per heavy atom. The molecule has 0 unspecified atom stereocenters. The molecule has 0 aromatic heterocycles. The van der Waals surface area contributed by atoms with Crippen molar-refractivity contribution in [1.82, 2.24) is 4.90 Å². The van der Waals surface area contributed by atoms with E-state index in [0.29, 0.717) is 16.7 Å². The Labute approximate surface area is 219 Å². The van der Waals surface area contributed by atoms with Crippen LogP contribution < -0.4 is 0 Å². The highest BCUT2D eigenvalue weighted by Crippen LogP contribution is 2.57. The third kappa shape index (κ3) is 4.49. The summed E-state index contributed by atoms with van der Waals surface area (Å²) in [7, 11) is 0. The molecule has 3 heterocycles.